The molecule has 41 heavy (non-hydrogen) atoms. The van der Waals surface area contributed by atoms with E-state index < -0.39 is 42.9 Å². The van der Waals surface area contributed by atoms with Crippen LogP contribution in [0, 0.1) is 40.4 Å². The molecule has 2 saturated heterocycles. The van der Waals surface area contributed by atoms with Gasteiger partial charge in [0, 0.05) is 6.04 Å². The first-order chi connectivity index (χ1) is 19.4. The van der Waals surface area contributed by atoms with E-state index >= 15 is 0 Å². The third-order valence-electron chi connectivity index (χ3n) is 13.2. The summed E-state index contributed by atoms with van der Waals surface area (Å²) in [4.78, 5) is 0. The second kappa shape index (κ2) is 11.1. The summed E-state index contributed by atoms with van der Waals surface area (Å²) in [5.41, 5.74) is 1.20. The summed E-state index contributed by atoms with van der Waals surface area (Å²) >= 11 is 0. The van der Waals surface area contributed by atoms with Crippen molar-refractivity contribution in [1.29, 1.82) is 0 Å². The molecule has 0 aromatic carbocycles. The van der Waals surface area contributed by atoms with Gasteiger partial charge in [-0.3, -0.25) is 0 Å². The molecule has 0 aromatic rings. The number of nitrogens with one attached hydrogen (secondary N) is 1. The van der Waals surface area contributed by atoms with Gasteiger partial charge in [-0.25, -0.2) is 0 Å². The van der Waals surface area contributed by atoms with Crippen molar-refractivity contribution >= 4 is 0 Å². The van der Waals surface area contributed by atoms with Crippen LogP contribution in [0.5, 0.6) is 0 Å². The molecule has 15 unspecified atom stereocenters. The van der Waals surface area contributed by atoms with Crippen molar-refractivity contribution in [2.75, 3.05) is 13.2 Å². The van der Waals surface area contributed by atoms with Crippen molar-refractivity contribution in [2.24, 2.45) is 40.4 Å². The summed E-state index contributed by atoms with van der Waals surface area (Å²) in [7, 11) is 0. The third kappa shape index (κ3) is 5.16. The minimum Gasteiger partial charge on any atom is -0.394 e. The van der Waals surface area contributed by atoms with Crippen LogP contribution in [-0.2, 0) is 9.47 Å². The van der Waals surface area contributed by atoms with Crippen LogP contribution in [-0.4, -0.2) is 87.1 Å². The van der Waals surface area contributed by atoms with Gasteiger partial charge in [0.1, 0.15) is 24.4 Å². The first kappa shape index (κ1) is 30.4. The number of ether oxygens (including phenoxy) is 2. The number of hydrogen-bond acceptors (Lipinski definition) is 8. The predicted octanol–water partition coefficient (Wildman–Crippen LogP) is 2.89. The maximum Gasteiger partial charge on any atom is 0.186 e. The Hall–Kier alpha value is -0.580. The molecule has 4 aliphatic carbocycles. The normalized spacial score (nSPS) is 53.4. The molecule has 6 rings (SSSR count). The van der Waals surface area contributed by atoms with E-state index in [4.69, 9.17) is 9.47 Å². The van der Waals surface area contributed by atoms with Crippen LogP contribution in [0.2, 0.25) is 0 Å². The van der Waals surface area contributed by atoms with Gasteiger partial charge in [0.15, 0.2) is 6.29 Å². The van der Waals surface area contributed by atoms with Gasteiger partial charge in [-0.1, -0.05) is 32.4 Å². The Kier molecular flexibility index (Phi) is 8.24. The smallest absolute Gasteiger partial charge is 0.186 e. The number of aliphatic hydroxyl groups excluding tert-OH is 4. The highest BCUT2D eigenvalue weighted by molar-refractivity contribution is 5.25. The zero-order valence-electron chi connectivity index (χ0n) is 25.5. The molecule has 0 aromatic heterocycles. The Balaban J connectivity index is 1.14. The average molecular weight is 578 g/mol. The Bertz CT molecular complexity index is 979. The van der Waals surface area contributed by atoms with Gasteiger partial charge in [-0.2, -0.15) is 0 Å². The lowest BCUT2D eigenvalue weighted by Crippen LogP contribution is -2.60. The van der Waals surface area contributed by atoms with E-state index in [1.165, 1.54) is 24.8 Å². The van der Waals surface area contributed by atoms with Crippen LogP contribution >= 0.6 is 0 Å². The molecule has 6 N–H and O–H groups in total. The van der Waals surface area contributed by atoms with E-state index in [0.717, 1.165) is 51.5 Å². The molecule has 15 atom stereocenters. The maximum absolute atomic E-state index is 11.9. The third-order valence-corrected chi connectivity index (χ3v) is 13.2. The molecule has 2 aliphatic heterocycles. The molecule has 8 heteroatoms. The predicted molar refractivity (Wildman–Crippen MR) is 155 cm³/mol. The summed E-state index contributed by atoms with van der Waals surface area (Å²) in [6.45, 7) is 9.93. The summed E-state index contributed by atoms with van der Waals surface area (Å²) < 4.78 is 11.8. The lowest BCUT2D eigenvalue weighted by molar-refractivity contribution is -0.313. The number of fused-ring (bicyclic) bond motifs is 5. The fraction of sp³-hybridized carbons (Fsp3) is 0.939. The van der Waals surface area contributed by atoms with E-state index in [1.807, 2.05) is 0 Å². The average Bonchev–Trinajstić information content (AvgIpc) is 3.32. The SMILES string of the molecule is CC1CCC(C(C)(O)C2CC3C4CC=C5CC(OC6OC(CO)C(O)C(O)C6O)CCC5(C)C4CCC3(C)C2)NC1. The molecule has 6 aliphatic rings. The van der Waals surface area contributed by atoms with Crippen LogP contribution in [0.1, 0.15) is 91.9 Å². The van der Waals surface area contributed by atoms with Crippen molar-refractivity contribution in [3.05, 3.63) is 11.6 Å². The van der Waals surface area contributed by atoms with Crippen LogP contribution < -0.4 is 5.32 Å². The van der Waals surface area contributed by atoms with Crippen LogP contribution in [0.3, 0.4) is 0 Å². The van der Waals surface area contributed by atoms with Gasteiger partial charge in [0.05, 0.1) is 18.3 Å². The molecule has 2 heterocycles. The van der Waals surface area contributed by atoms with Crippen molar-refractivity contribution < 1.29 is 35.0 Å². The molecule has 0 spiro atoms. The first-order valence-corrected chi connectivity index (χ1v) is 16.5. The van der Waals surface area contributed by atoms with Crippen molar-refractivity contribution in [1.82, 2.24) is 5.32 Å². The zero-order valence-corrected chi connectivity index (χ0v) is 25.5. The lowest BCUT2D eigenvalue weighted by Gasteiger charge is -2.57. The Morgan fingerprint density at radius 1 is 1.05 bits per heavy atom. The summed E-state index contributed by atoms with van der Waals surface area (Å²) in [6, 6.07) is 0.192. The monoisotopic (exact) mass is 577 g/mol. The van der Waals surface area contributed by atoms with Crippen LogP contribution in [0.15, 0.2) is 11.6 Å². The fourth-order valence-electron chi connectivity index (χ4n) is 10.4. The van der Waals surface area contributed by atoms with Gasteiger partial charge < -0.3 is 40.3 Å². The van der Waals surface area contributed by atoms with Gasteiger partial charge in [-0.15, -0.1) is 0 Å². The van der Waals surface area contributed by atoms with Gasteiger partial charge >= 0.3 is 0 Å². The number of allylic oxidation sites excluding steroid dienone is 1. The minimum atomic E-state index is -1.42. The van der Waals surface area contributed by atoms with E-state index in [2.05, 4.69) is 39.1 Å². The van der Waals surface area contributed by atoms with E-state index in [1.54, 1.807) is 0 Å². The highest BCUT2D eigenvalue weighted by atomic mass is 16.7. The van der Waals surface area contributed by atoms with E-state index in [9.17, 15) is 25.5 Å². The number of piperidine rings is 1. The second-order valence-electron chi connectivity index (χ2n) is 15.7. The largest absolute Gasteiger partial charge is 0.394 e. The van der Waals surface area contributed by atoms with Crippen molar-refractivity contribution in [3.63, 3.8) is 0 Å². The second-order valence-corrected chi connectivity index (χ2v) is 15.7. The van der Waals surface area contributed by atoms with E-state index in [0.29, 0.717) is 35.0 Å². The molecular formula is C33H55NO7. The van der Waals surface area contributed by atoms with Gasteiger partial charge in [-0.05, 0) is 118 Å². The van der Waals surface area contributed by atoms with Gasteiger partial charge in [0.2, 0.25) is 0 Å². The zero-order chi connectivity index (χ0) is 29.3. The lowest BCUT2D eigenvalue weighted by atomic mass is 9.48. The first-order valence-electron chi connectivity index (χ1n) is 16.5. The van der Waals surface area contributed by atoms with Crippen LogP contribution in [0.25, 0.3) is 0 Å². The molecule has 0 amide bonds. The molecule has 0 bridgehead atoms. The number of aliphatic hydroxyl groups is 5. The molecule has 3 saturated carbocycles. The fourth-order valence-corrected chi connectivity index (χ4v) is 10.4. The summed E-state index contributed by atoms with van der Waals surface area (Å²) in [5, 5.41) is 56.0. The molecular weight excluding hydrogens is 522 g/mol. The molecule has 8 nitrogen and oxygen atoms in total. The quantitative estimate of drug-likeness (QED) is 0.275. The Labute approximate surface area is 245 Å². The number of rotatable bonds is 5. The molecule has 0 radical (unpaired) electrons. The molecule has 5 fully saturated rings. The van der Waals surface area contributed by atoms with Crippen LogP contribution in [0.4, 0.5) is 0 Å². The highest BCUT2D eigenvalue weighted by Gasteiger charge is 2.60. The van der Waals surface area contributed by atoms with E-state index in [-0.39, 0.29) is 17.6 Å². The van der Waals surface area contributed by atoms with Crippen molar-refractivity contribution in [3.8, 4) is 0 Å². The highest BCUT2D eigenvalue weighted by Crippen LogP contribution is 2.67. The Morgan fingerprint density at radius 2 is 1.83 bits per heavy atom. The minimum absolute atomic E-state index is 0.126. The Morgan fingerprint density at radius 3 is 2.54 bits per heavy atom. The van der Waals surface area contributed by atoms with Crippen molar-refractivity contribution in [2.45, 2.75) is 140 Å². The summed E-state index contributed by atoms with van der Waals surface area (Å²) in [5.74, 6) is 2.94. The number of hydrogen-bond donors (Lipinski definition) is 6. The standard InChI is InChI=1S/C33H55NO7/c1-18-5-8-26(34-16-18)33(4,39)20-14-24-22-7-6-19-13-21(40-30-29(38)28(37)27(36)25(17-35)41-30)9-12-32(19,3)23(22)10-11-31(24,2)15-20/h6,18,20-30,34-39H,5,7-17H2,1-4H3. The van der Waals surface area contributed by atoms with Gasteiger partial charge in [0.25, 0.3) is 0 Å². The maximum atomic E-state index is 11.9. The topological polar surface area (TPSA) is 132 Å². The molecule has 234 valence electrons. The summed E-state index contributed by atoms with van der Waals surface area (Å²) in [6.07, 6.45) is 6.85.